The molecule has 1 saturated heterocycles. The van der Waals surface area contributed by atoms with E-state index in [9.17, 15) is 0 Å². The minimum Gasteiger partial charge on any atom is -0.355 e. The normalized spacial score (nSPS) is 29.9. The lowest BCUT2D eigenvalue weighted by Gasteiger charge is -2.21. The van der Waals surface area contributed by atoms with Crippen molar-refractivity contribution in [2.75, 3.05) is 53.4 Å². The van der Waals surface area contributed by atoms with Crippen molar-refractivity contribution in [3.05, 3.63) is 0 Å². The van der Waals surface area contributed by atoms with Crippen molar-refractivity contribution in [1.29, 1.82) is 0 Å². The fourth-order valence-corrected chi connectivity index (χ4v) is 2.55. The second-order valence-corrected chi connectivity index (χ2v) is 5.96. The Morgan fingerprint density at radius 1 is 1.26 bits per heavy atom. The molecule has 2 rings (SSSR count). The second kappa shape index (κ2) is 7.10. The molecule has 0 aromatic carbocycles. The Kier molecular flexibility index (Phi) is 5.45. The predicted octanol–water partition coefficient (Wildman–Crippen LogP) is 0.197. The van der Waals surface area contributed by atoms with Crippen molar-refractivity contribution in [2.45, 2.75) is 25.8 Å². The third-order valence-corrected chi connectivity index (χ3v) is 4.19. The molecule has 2 aliphatic rings. The summed E-state index contributed by atoms with van der Waals surface area (Å²) in [5.74, 6) is 1.76. The zero-order valence-corrected chi connectivity index (χ0v) is 12.7. The molecule has 2 N–H and O–H groups in total. The summed E-state index contributed by atoms with van der Waals surface area (Å²) in [6, 6.07) is 0.637. The summed E-state index contributed by atoms with van der Waals surface area (Å²) >= 11 is 0. The first-order valence-electron chi connectivity index (χ1n) is 7.57. The molecule has 0 aromatic heterocycles. The van der Waals surface area contributed by atoms with E-state index in [4.69, 9.17) is 0 Å². The first-order valence-corrected chi connectivity index (χ1v) is 7.57. The van der Waals surface area contributed by atoms with Crippen LogP contribution in [-0.2, 0) is 0 Å². The average molecular weight is 267 g/mol. The van der Waals surface area contributed by atoms with Crippen LogP contribution in [0, 0.1) is 5.92 Å². The molecule has 0 aromatic rings. The van der Waals surface area contributed by atoms with Crippen LogP contribution in [0.4, 0.5) is 0 Å². The van der Waals surface area contributed by atoms with Gasteiger partial charge in [-0.1, -0.05) is 6.92 Å². The smallest absolute Gasteiger partial charge is 0.191 e. The number of nitrogens with one attached hydrogen (secondary N) is 2. The van der Waals surface area contributed by atoms with Gasteiger partial charge in [-0.2, -0.15) is 0 Å². The average Bonchev–Trinajstić information content (AvgIpc) is 3.12. The fraction of sp³-hybridized carbons (Fsp3) is 0.929. The molecule has 0 bridgehead atoms. The molecule has 0 radical (unpaired) electrons. The summed E-state index contributed by atoms with van der Waals surface area (Å²) in [6.07, 6.45) is 2.56. The van der Waals surface area contributed by atoms with Crippen LogP contribution in [0.3, 0.4) is 0 Å². The molecule has 0 spiro atoms. The van der Waals surface area contributed by atoms with Gasteiger partial charge in [-0.15, -0.1) is 0 Å². The van der Waals surface area contributed by atoms with E-state index in [-0.39, 0.29) is 0 Å². The van der Waals surface area contributed by atoms with Crippen LogP contribution in [0.15, 0.2) is 4.99 Å². The van der Waals surface area contributed by atoms with E-state index >= 15 is 0 Å². The molecule has 19 heavy (non-hydrogen) atoms. The van der Waals surface area contributed by atoms with Gasteiger partial charge in [0.15, 0.2) is 5.96 Å². The summed E-state index contributed by atoms with van der Waals surface area (Å²) in [5, 5.41) is 6.88. The van der Waals surface area contributed by atoms with Crippen molar-refractivity contribution < 1.29 is 0 Å². The van der Waals surface area contributed by atoms with Gasteiger partial charge in [-0.05, 0) is 38.9 Å². The number of rotatable bonds is 4. The van der Waals surface area contributed by atoms with Crippen molar-refractivity contribution in [3.63, 3.8) is 0 Å². The lowest BCUT2D eigenvalue weighted by molar-refractivity contribution is 0.280. The molecule has 0 amide bonds. The van der Waals surface area contributed by atoms with Gasteiger partial charge in [-0.25, -0.2) is 0 Å². The quantitative estimate of drug-likeness (QED) is 0.564. The maximum absolute atomic E-state index is 4.28. The minimum atomic E-state index is 0.637. The van der Waals surface area contributed by atoms with Gasteiger partial charge in [-0.3, -0.25) is 4.99 Å². The van der Waals surface area contributed by atoms with Crippen molar-refractivity contribution in [2.24, 2.45) is 10.9 Å². The summed E-state index contributed by atoms with van der Waals surface area (Å²) < 4.78 is 0. The zero-order valence-electron chi connectivity index (χ0n) is 12.7. The van der Waals surface area contributed by atoms with E-state index in [0.717, 1.165) is 25.0 Å². The topological polar surface area (TPSA) is 42.9 Å². The summed E-state index contributed by atoms with van der Waals surface area (Å²) in [7, 11) is 4.06. The molecular weight excluding hydrogens is 238 g/mol. The van der Waals surface area contributed by atoms with Gasteiger partial charge in [0.1, 0.15) is 0 Å². The molecule has 2 atom stereocenters. The number of hydrogen-bond acceptors (Lipinski definition) is 3. The fourth-order valence-electron chi connectivity index (χ4n) is 2.55. The van der Waals surface area contributed by atoms with Gasteiger partial charge in [0, 0.05) is 39.3 Å². The van der Waals surface area contributed by atoms with Crippen LogP contribution in [0.5, 0.6) is 0 Å². The molecule has 110 valence electrons. The first-order chi connectivity index (χ1) is 9.19. The van der Waals surface area contributed by atoms with E-state index in [1.807, 2.05) is 7.05 Å². The van der Waals surface area contributed by atoms with Crippen LogP contribution in [0.2, 0.25) is 0 Å². The Bertz CT molecular complexity index is 304. The maximum atomic E-state index is 4.28. The third kappa shape index (κ3) is 4.99. The lowest BCUT2D eigenvalue weighted by atomic mass is 10.4. The molecule has 1 aliphatic carbocycles. The van der Waals surface area contributed by atoms with Gasteiger partial charge >= 0.3 is 0 Å². The molecule has 1 saturated carbocycles. The van der Waals surface area contributed by atoms with Crippen molar-refractivity contribution in [3.8, 4) is 0 Å². The van der Waals surface area contributed by atoms with Crippen molar-refractivity contribution in [1.82, 2.24) is 20.4 Å². The van der Waals surface area contributed by atoms with Crippen LogP contribution in [-0.4, -0.2) is 75.2 Å². The Morgan fingerprint density at radius 3 is 2.74 bits per heavy atom. The minimum absolute atomic E-state index is 0.637. The lowest BCUT2D eigenvalue weighted by Crippen LogP contribution is -2.43. The van der Waals surface area contributed by atoms with E-state index in [2.05, 4.69) is 39.4 Å². The largest absolute Gasteiger partial charge is 0.355 e. The molecular formula is C14H29N5. The highest BCUT2D eigenvalue weighted by Crippen LogP contribution is 2.28. The van der Waals surface area contributed by atoms with Crippen molar-refractivity contribution >= 4 is 5.96 Å². The number of aliphatic imine (C=N–C) groups is 1. The van der Waals surface area contributed by atoms with E-state index in [1.54, 1.807) is 0 Å². The van der Waals surface area contributed by atoms with E-state index < -0.39 is 0 Å². The summed E-state index contributed by atoms with van der Waals surface area (Å²) in [4.78, 5) is 9.25. The maximum Gasteiger partial charge on any atom is 0.191 e. The standard InChI is InChI=1S/C14H29N5/c1-12-11-13(12)17-14(15-2)16-5-8-19-7-4-6-18(3)9-10-19/h12-13H,4-11H2,1-3H3,(H2,15,16,17). The number of hydrogen-bond donors (Lipinski definition) is 2. The number of guanidine groups is 1. The number of likely N-dealkylation sites (N-methyl/N-ethyl adjacent to an activating group) is 1. The summed E-state index contributed by atoms with van der Waals surface area (Å²) in [6.45, 7) is 9.18. The van der Waals surface area contributed by atoms with Crippen LogP contribution < -0.4 is 10.6 Å². The molecule has 2 fully saturated rings. The van der Waals surface area contributed by atoms with Gasteiger partial charge in [0.25, 0.3) is 0 Å². The monoisotopic (exact) mass is 267 g/mol. The molecule has 5 nitrogen and oxygen atoms in total. The molecule has 1 heterocycles. The highest BCUT2D eigenvalue weighted by molar-refractivity contribution is 5.80. The first kappa shape index (κ1) is 14.6. The molecule has 1 aliphatic heterocycles. The SMILES string of the molecule is CN=C(NCCN1CCCN(C)CC1)NC1CC1C. The molecule has 5 heteroatoms. The molecule has 2 unspecified atom stereocenters. The van der Waals surface area contributed by atoms with Gasteiger partial charge in [0.05, 0.1) is 0 Å². The highest BCUT2D eigenvalue weighted by Gasteiger charge is 2.33. The Morgan fingerprint density at radius 2 is 2.05 bits per heavy atom. The summed E-state index contributed by atoms with van der Waals surface area (Å²) in [5.41, 5.74) is 0. The van der Waals surface area contributed by atoms with Crippen LogP contribution in [0.1, 0.15) is 19.8 Å². The van der Waals surface area contributed by atoms with Crippen LogP contribution >= 0.6 is 0 Å². The van der Waals surface area contributed by atoms with Gasteiger partial charge < -0.3 is 20.4 Å². The Balaban J connectivity index is 1.61. The highest BCUT2D eigenvalue weighted by atomic mass is 15.2. The van der Waals surface area contributed by atoms with E-state index in [0.29, 0.717) is 6.04 Å². The van der Waals surface area contributed by atoms with Gasteiger partial charge in [0.2, 0.25) is 0 Å². The third-order valence-electron chi connectivity index (χ3n) is 4.19. The second-order valence-electron chi connectivity index (χ2n) is 5.96. The number of nitrogens with zero attached hydrogens (tertiary/aromatic N) is 3. The zero-order chi connectivity index (χ0) is 13.7. The Labute approximate surface area is 117 Å². The predicted molar refractivity (Wildman–Crippen MR) is 80.6 cm³/mol. The Hall–Kier alpha value is -0.810. The van der Waals surface area contributed by atoms with E-state index in [1.165, 1.54) is 39.0 Å². The van der Waals surface area contributed by atoms with Crippen LogP contribution in [0.25, 0.3) is 0 Å².